The van der Waals surface area contributed by atoms with Gasteiger partial charge in [-0.2, -0.15) is 0 Å². The minimum Gasteiger partial charge on any atom is -0.357 e. The number of nitrogens with zero attached hydrogens (tertiary/aromatic N) is 4. The van der Waals surface area contributed by atoms with Crippen LogP contribution in [-0.2, 0) is 4.79 Å². The van der Waals surface area contributed by atoms with E-state index in [4.69, 9.17) is 4.98 Å². The third-order valence-electron chi connectivity index (χ3n) is 6.94. The molecule has 1 aromatic rings. The lowest BCUT2D eigenvalue weighted by atomic mass is 9.89. The van der Waals surface area contributed by atoms with Gasteiger partial charge in [-0.05, 0) is 69.9 Å². The second-order valence-electron chi connectivity index (χ2n) is 9.59. The van der Waals surface area contributed by atoms with Crippen molar-refractivity contribution in [3.8, 4) is 0 Å². The molecule has 2 aliphatic heterocycles. The lowest BCUT2D eigenvalue weighted by Crippen LogP contribution is -2.45. The molecule has 0 amide bonds. The van der Waals surface area contributed by atoms with Gasteiger partial charge in [0.25, 0.3) is 0 Å². The minimum absolute atomic E-state index is 0.0976. The number of Topliss-reactive ketones (excluding diaryl/α,β-unsaturated/α-hetero) is 2. The number of likely N-dealkylation sites (N-methyl/N-ethyl adjacent to an activating group) is 1. The standard InChI is InChI=1S/C26H36N4O2/c1-19-15-20(2)22(24(32)16-19)7-8-23(31)21-17-25(29-9-5-4-6-10-29)27-26(18-21)30-13-11-28(3)12-14-30/h15,17-18H,4-14,16H2,1-3H3. The first-order valence-corrected chi connectivity index (χ1v) is 12.0. The fourth-order valence-corrected chi connectivity index (χ4v) is 4.95. The summed E-state index contributed by atoms with van der Waals surface area (Å²) in [7, 11) is 2.14. The SMILES string of the molecule is CC1=CC(C)=C(CCC(=O)c2cc(N3CCCCC3)nc(N3CCN(C)CC3)c2)C(=O)C1. The van der Waals surface area contributed by atoms with Crippen molar-refractivity contribution in [1.29, 1.82) is 0 Å². The molecule has 172 valence electrons. The Hall–Kier alpha value is -2.47. The number of piperidine rings is 1. The van der Waals surface area contributed by atoms with Gasteiger partial charge in [0.05, 0.1) is 0 Å². The van der Waals surface area contributed by atoms with Gasteiger partial charge in [0.2, 0.25) is 0 Å². The number of carbonyl (C=O) groups is 2. The normalized spacial score (nSPS) is 20.6. The highest BCUT2D eigenvalue weighted by atomic mass is 16.1. The number of anilines is 2. The Morgan fingerprint density at radius 1 is 0.938 bits per heavy atom. The molecule has 1 aromatic heterocycles. The molecule has 0 atom stereocenters. The molecule has 3 aliphatic rings. The molecule has 0 saturated carbocycles. The Morgan fingerprint density at radius 2 is 1.56 bits per heavy atom. The number of rotatable bonds is 6. The molecular formula is C26H36N4O2. The molecule has 6 heteroatoms. The van der Waals surface area contributed by atoms with Gasteiger partial charge in [-0.25, -0.2) is 4.98 Å². The van der Waals surface area contributed by atoms with Crippen molar-refractivity contribution in [2.75, 3.05) is 56.1 Å². The van der Waals surface area contributed by atoms with Gasteiger partial charge in [-0.15, -0.1) is 0 Å². The van der Waals surface area contributed by atoms with E-state index < -0.39 is 0 Å². The highest BCUT2D eigenvalue weighted by Crippen LogP contribution is 2.28. The van der Waals surface area contributed by atoms with Crippen LogP contribution in [0.15, 0.2) is 34.9 Å². The Kier molecular flexibility index (Phi) is 7.09. The quantitative estimate of drug-likeness (QED) is 0.628. The molecule has 0 unspecified atom stereocenters. The van der Waals surface area contributed by atoms with Crippen molar-refractivity contribution in [2.24, 2.45) is 0 Å². The van der Waals surface area contributed by atoms with Crippen LogP contribution in [0.4, 0.5) is 11.6 Å². The van der Waals surface area contributed by atoms with Crippen LogP contribution in [-0.4, -0.2) is 67.8 Å². The van der Waals surface area contributed by atoms with E-state index in [2.05, 4.69) is 27.8 Å². The van der Waals surface area contributed by atoms with Crippen molar-refractivity contribution >= 4 is 23.2 Å². The first-order valence-electron chi connectivity index (χ1n) is 12.0. The van der Waals surface area contributed by atoms with Gasteiger partial charge in [-0.3, -0.25) is 9.59 Å². The summed E-state index contributed by atoms with van der Waals surface area (Å²) in [5.74, 6) is 2.09. The highest BCUT2D eigenvalue weighted by molar-refractivity contribution is 6.02. The largest absolute Gasteiger partial charge is 0.357 e. The summed E-state index contributed by atoms with van der Waals surface area (Å²) in [5.41, 5.74) is 3.64. The van der Waals surface area contributed by atoms with E-state index >= 15 is 0 Å². The molecule has 4 rings (SSSR count). The number of piperazine rings is 1. The lowest BCUT2D eigenvalue weighted by molar-refractivity contribution is -0.115. The van der Waals surface area contributed by atoms with Crippen LogP contribution >= 0.6 is 0 Å². The van der Waals surface area contributed by atoms with Gasteiger partial charge in [0.1, 0.15) is 11.6 Å². The van der Waals surface area contributed by atoms with E-state index in [9.17, 15) is 9.59 Å². The van der Waals surface area contributed by atoms with Gasteiger partial charge >= 0.3 is 0 Å². The van der Waals surface area contributed by atoms with Crippen LogP contribution in [0.1, 0.15) is 62.7 Å². The fraction of sp³-hybridized carbons (Fsp3) is 0.577. The number of allylic oxidation sites excluding steroid dienone is 4. The summed E-state index contributed by atoms with van der Waals surface area (Å²) < 4.78 is 0. The number of pyridine rings is 1. The van der Waals surface area contributed by atoms with Crippen molar-refractivity contribution in [2.45, 2.75) is 52.4 Å². The predicted octanol–water partition coefficient (Wildman–Crippen LogP) is 4.02. The summed E-state index contributed by atoms with van der Waals surface area (Å²) in [6.45, 7) is 9.82. The summed E-state index contributed by atoms with van der Waals surface area (Å²) in [6.07, 6.45) is 7.03. The molecule has 0 N–H and O–H groups in total. The van der Waals surface area contributed by atoms with Crippen molar-refractivity contribution in [3.63, 3.8) is 0 Å². The second kappa shape index (κ2) is 9.99. The van der Waals surface area contributed by atoms with Crippen LogP contribution in [0.2, 0.25) is 0 Å². The zero-order chi connectivity index (χ0) is 22.7. The Labute approximate surface area is 192 Å². The molecule has 6 nitrogen and oxygen atoms in total. The van der Waals surface area contributed by atoms with Crippen molar-refractivity contribution < 1.29 is 9.59 Å². The topological polar surface area (TPSA) is 56.8 Å². The van der Waals surface area contributed by atoms with Crippen LogP contribution in [0.25, 0.3) is 0 Å². The average molecular weight is 437 g/mol. The van der Waals surface area contributed by atoms with E-state index in [1.54, 1.807) is 0 Å². The summed E-state index contributed by atoms with van der Waals surface area (Å²) in [6, 6.07) is 3.94. The number of hydrogen-bond acceptors (Lipinski definition) is 6. The molecule has 2 fully saturated rings. The molecule has 0 bridgehead atoms. The minimum atomic E-state index is 0.0976. The van der Waals surface area contributed by atoms with E-state index in [-0.39, 0.29) is 11.6 Å². The zero-order valence-electron chi connectivity index (χ0n) is 19.8. The Bertz CT molecular complexity index is 935. The molecule has 32 heavy (non-hydrogen) atoms. The molecule has 0 spiro atoms. The Morgan fingerprint density at radius 3 is 2.19 bits per heavy atom. The van der Waals surface area contributed by atoms with Crippen LogP contribution in [0.5, 0.6) is 0 Å². The van der Waals surface area contributed by atoms with Crippen molar-refractivity contribution in [3.05, 3.63) is 40.5 Å². The lowest BCUT2D eigenvalue weighted by Gasteiger charge is -2.34. The summed E-state index contributed by atoms with van der Waals surface area (Å²) in [5, 5.41) is 0. The van der Waals surface area contributed by atoms with Gasteiger partial charge < -0.3 is 14.7 Å². The monoisotopic (exact) mass is 436 g/mol. The summed E-state index contributed by atoms with van der Waals surface area (Å²) >= 11 is 0. The third kappa shape index (κ3) is 5.29. The van der Waals surface area contributed by atoms with Crippen LogP contribution in [0.3, 0.4) is 0 Å². The Balaban J connectivity index is 1.56. The smallest absolute Gasteiger partial charge is 0.163 e. The molecule has 3 heterocycles. The van der Waals surface area contributed by atoms with E-state index in [0.29, 0.717) is 19.3 Å². The molecule has 1 aliphatic carbocycles. The van der Waals surface area contributed by atoms with Crippen molar-refractivity contribution in [1.82, 2.24) is 9.88 Å². The van der Waals surface area contributed by atoms with Crippen LogP contribution in [0, 0.1) is 0 Å². The van der Waals surface area contributed by atoms with E-state index in [1.165, 1.54) is 19.3 Å². The molecule has 0 aromatic carbocycles. The molecule has 0 radical (unpaired) electrons. The van der Waals surface area contributed by atoms with E-state index in [0.717, 1.165) is 73.2 Å². The maximum absolute atomic E-state index is 13.3. The summed E-state index contributed by atoms with van der Waals surface area (Å²) in [4.78, 5) is 37.7. The molecular weight excluding hydrogens is 400 g/mol. The predicted molar refractivity (Wildman–Crippen MR) is 130 cm³/mol. The first-order chi connectivity index (χ1) is 15.4. The van der Waals surface area contributed by atoms with Gasteiger partial charge in [-0.1, -0.05) is 11.6 Å². The number of carbonyl (C=O) groups excluding carboxylic acids is 2. The van der Waals surface area contributed by atoms with Crippen LogP contribution < -0.4 is 9.80 Å². The maximum atomic E-state index is 13.3. The first kappa shape index (κ1) is 22.7. The van der Waals surface area contributed by atoms with Gasteiger partial charge in [0, 0.05) is 57.7 Å². The second-order valence-corrected chi connectivity index (χ2v) is 9.59. The third-order valence-corrected chi connectivity index (χ3v) is 6.94. The maximum Gasteiger partial charge on any atom is 0.163 e. The molecule has 2 saturated heterocycles. The number of aromatic nitrogens is 1. The number of hydrogen-bond donors (Lipinski definition) is 0. The average Bonchev–Trinajstić information content (AvgIpc) is 2.79. The number of ketones is 2. The van der Waals surface area contributed by atoms with Gasteiger partial charge in [0.15, 0.2) is 11.6 Å². The van der Waals surface area contributed by atoms with E-state index in [1.807, 2.05) is 26.0 Å². The fourth-order valence-electron chi connectivity index (χ4n) is 4.95. The zero-order valence-corrected chi connectivity index (χ0v) is 19.8. The highest BCUT2D eigenvalue weighted by Gasteiger charge is 2.23.